The maximum atomic E-state index is 12.4. The van der Waals surface area contributed by atoms with Crippen LogP contribution in [-0.4, -0.2) is 18.0 Å². The fourth-order valence-corrected chi connectivity index (χ4v) is 1.81. The molecule has 2 rings (SSSR count). The first-order chi connectivity index (χ1) is 9.58. The van der Waals surface area contributed by atoms with Crippen molar-refractivity contribution in [2.75, 3.05) is 11.7 Å². The highest BCUT2D eigenvalue weighted by atomic mass is 32.1. The highest BCUT2D eigenvalue weighted by molar-refractivity contribution is 7.80. The Bertz CT molecular complexity index is 566. The SMILES string of the molecule is Cc1cc(N(OCC(F)F)c2cccnc2)ccc1S. The van der Waals surface area contributed by atoms with Crippen LogP contribution in [-0.2, 0) is 4.84 Å². The van der Waals surface area contributed by atoms with Gasteiger partial charge in [-0.3, -0.25) is 9.82 Å². The van der Waals surface area contributed by atoms with Gasteiger partial charge in [0, 0.05) is 11.1 Å². The number of rotatable bonds is 5. The van der Waals surface area contributed by atoms with Crippen LogP contribution in [0.1, 0.15) is 5.56 Å². The van der Waals surface area contributed by atoms with Gasteiger partial charge in [0.2, 0.25) is 0 Å². The summed E-state index contributed by atoms with van der Waals surface area (Å²) in [4.78, 5) is 9.99. The van der Waals surface area contributed by atoms with Crippen LogP contribution in [0.2, 0.25) is 0 Å². The summed E-state index contributed by atoms with van der Waals surface area (Å²) in [5.41, 5.74) is 2.16. The zero-order chi connectivity index (χ0) is 14.5. The number of aromatic nitrogens is 1. The molecule has 3 nitrogen and oxygen atoms in total. The smallest absolute Gasteiger partial charge is 0.263 e. The average molecular weight is 296 g/mol. The van der Waals surface area contributed by atoms with Gasteiger partial charge in [-0.25, -0.2) is 13.8 Å². The second-order valence-corrected chi connectivity index (χ2v) is 4.65. The summed E-state index contributed by atoms with van der Waals surface area (Å²) < 4.78 is 24.8. The van der Waals surface area contributed by atoms with Crippen molar-refractivity contribution in [3.8, 4) is 0 Å². The molecule has 1 aromatic heterocycles. The average Bonchev–Trinajstić information content (AvgIpc) is 2.44. The molecule has 0 radical (unpaired) electrons. The number of hydrogen-bond donors (Lipinski definition) is 1. The van der Waals surface area contributed by atoms with E-state index in [1.807, 2.05) is 13.0 Å². The second kappa shape index (κ2) is 6.67. The van der Waals surface area contributed by atoms with E-state index in [2.05, 4.69) is 17.6 Å². The van der Waals surface area contributed by atoms with Gasteiger partial charge in [-0.15, -0.1) is 12.6 Å². The van der Waals surface area contributed by atoms with Gasteiger partial charge in [0.25, 0.3) is 6.43 Å². The van der Waals surface area contributed by atoms with E-state index in [9.17, 15) is 8.78 Å². The third-order valence-electron chi connectivity index (χ3n) is 2.62. The molecule has 0 aliphatic rings. The number of benzene rings is 1. The first kappa shape index (κ1) is 14.7. The summed E-state index contributed by atoms with van der Waals surface area (Å²) in [7, 11) is 0. The maximum Gasteiger partial charge on any atom is 0.264 e. The van der Waals surface area contributed by atoms with E-state index >= 15 is 0 Å². The van der Waals surface area contributed by atoms with E-state index in [1.54, 1.807) is 36.7 Å². The monoisotopic (exact) mass is 296 g/mol. The Morgan fingerprint density at radius 3 is 2.70 bits per heavy atom. The predicted octanol–water partition coefficient (Wildman–Crippen LogP) is 4.01. The molecular weight excluding hydrogens is 282 g/mol. The van der Waals surface area contributed by atoms with E-state index in [0.717, 1.165) is 10.5 Å². The topological polar surface area (TPSA) is 25.4 Å². The lowest BCUT2D eigenvalue weighted by Gasteiger charge is -2.24. The van der Waals surface area contributed by atoms with Crippen LogP contribution in [0, 0.1) is 6.92 Å². The summed E-state index contributed by atoms with van der Waals surface area (Å²) >= 11 is 4.29. The minimum absolute atomic E-state index is 0.583. The number of pyridine rings is 1. The largest absolute Gasteiger partial charge is 0.264 e. The molecule has 6 heteroatoms. The molecule has 2 aromatic rings. The van der Waals surface area contributed by atoms with E-state index < -0.39 is 13.0 Å². The lowest BCUT2D eigenvalue weighted by molar-refractivity contribution is 0.0173. The third kappa shape index (κ3) is 3.68. The van der Waals surface area contributed by atoms with Crippen LogP contribution in [0.15, 0.2) is 47.6 Å². The second-order valence-electron chi connectivity index (χ2n) is 4.16. The fraction of sp³-hybridized carbons (Fsp3) is 0.214. The molecule has 0 saturated heterocycles. The normalized spacial score (nSPS) is 10.8. The molecule has 0 saturated carbocycles. The summed E-state index contributed by atoms with van der Waals surface area (Å²) in [5, 5.41) is 1.35. The Kier molecular flexibility index (Phi) is 4.92. The standard InChI is InChI=1S/C14H14F2N2OS/c1-10-7-11(4-5-13(10)20)18(19-9-14(15)16)12-3-2-6-17-8-12/h2-8,14,20H,9H2,1H3. The quantitative estimate of drug-likeness (QED) is 0.666. The number of nitrogens with zero attached hydrogens (tertiary/aromatic N) is 2. The predicted molar refractivity (Wildman–Crippen MR) is 76.8 cm³/mol. The molecule has 0 unspecified atom stereocenters. The number of thiol groups is 1. The van der Waals surface area contributed by atoms with Crippen LogP contribution < -0.4 is 5.06 Å². The maximum absolute atomic E-state index is 12.4. The van der Waals surface area contributed by atoms with E-state index in [4.69, 9.17) is 4.84 Å². The summed E-state index contributed by atoms with van der Waals surface area (Å²) in [6.45, 7) is 1.21. The molecule has 106 valence electrons. The van der Waals surface area contributed by atoms with Gasteiger partial charge in [-0.05, 0) is 42.8 Å². The Labute approximate surface area is 121 Å². The summed E-state index contributed by atoms with van der Waals surface area (Å²) in [6.07, 6.45) is 0.617. The molecule has 1 heterocycles. The van der Waals surface area contributed by atoms with Gasteiger partial charge in [0.05, 0.1) is 17.6 Å². The van der Waals surface area contributed by atoms with Crippen LogP contribution >= 0.6 is 12.6 Å². The summed E-state index contributed by atoms with van der Waals surface area (Å²) in [5.74, 6) is 0. The number of aryl methyl sites for hydroxylation is 1. The van der Waals surface area contributed by atoms with Gasteiger partial charge in [-0.1, -0.05) is 0 Å². The lowest BCUT2D eigenvalue weighted by atomic mass is 10.2. The zero-order valence-corrected chi connectivity index (χ0v) is 11.7. The molecule has 0 atom stereocenters. The van der Waals surface area contributed by atoms with Crippen LogP contribution in [0.5, 0.6) is 0 Å². The minimum atomic E-state index is -2.54. The minimum Gasteiger partial charge on any atom is -0.263 e. The Hall–Kier alpha value is -1.66. The van der Waals surface area contributed by atoms with E-state index in [-0.39, 0.29) is 0 Å². The van der Waals surface area contributed by atoms with Crippen molar-refractivity contribution in [2.45, 2.75) is 18.2 Å². The van der Waals surface area contributed by atoms with Crippen LogP contribution in [0.25, 0.3) is 0 Å². The number of anilines is 2. The summed E-state index contributed by atoms with van der Waals surface area (Å²) in [6, 6.07) is 8.83. The molecule has 1 aromatic carbocycles. The third-order valence-corrected chi connectivity index (χ3v) is 3.13. The molecule has 0 spiro atoms. The van der Waals surface area contributed by atoms with Crippen LogP contribution in [0.4, 0.5) is 20.2 Å². The fourth-order valence-electron chi connectivity index (χ4n) is 1.67. The van der Waals surface area contributed by atoms with Crippen molar-refractivity contribution in [3.05, 3.63) is 48.3 Å². The van der Waals surface area contributed by atoms with E-state index in [1.165, 1.54) is 5.06 Å². The molecular formula is C14H14F2N2OS. The number of alkyl halides is 2. The van der Waals surface area contributed by atoms with Crippen molar-refractivity contribution in [2.24, 2.45) is 0 Å². The van der Waals surface area contributed by atoms with Gasteiger partial charge < -0.3 is 0 Å². The molecule has 0 bridgehead atoms. The molecule has 20 heavy (non-hydrogen) atoms. The highest BCUT2D eigenvalue weighted by Gasteiger charge is 2.14. The first-order valence-corrected chi connectivity index (χ1v) is 6.43. The zero-order valence-electron chi connectivity index (χ0n) is 10.8. The molecule has 0 fully saturated rings. The number of halogens is 2. The number of hydrogen-bond acceptors (Lipinski definition) is 4. The highest BCUT2D eigenvalue weighted by Crippen LogP contribution is 2.28. The Balaban J connectivity index is 2.32. The van der Waals surface area contributed by atoms with Gasteiger partial charge in [0.1, 0.15) is 6.61 Å². The first-order valence-electron chi connectivity index (χ1n) is 5.99. The Morgan fingerprint density at radius 1 is 1.30 bits per heavy atom. The molecule has 0 aliphatic heterocycles. The van der Waals surface area contributed by atoms with Crippen molar-refractivity contribution >= 4 is 24.0 Å². The molecule has 0 amide bonds. The lowest BCUT2D eigenvalue weighted by Crippen LogP contribution is -2.21. The van der Waals surface area contributed by atoms with Gasteiger partial charge >= 0.3 is 0 Å². The van der Waals surface area contributed by atoms with Crippen molar-refractivity contribution < 1.29 is 13.6 Å². The van der Waals surface area contributed by atoms with Crippen molar-refractivity contribution in [1.29, 1.82) is 0 Å². The van der Waals surface area contributed by atoms with Crippen molar-refractivity contribution in [3.63, 3.8) is 0 Å². The molecule has 0 N–H and O–H groups in total. The van der Waals surface area contributed by atoms with E-state index in [0.29, 0.717) is 11.4 Å². The Morgan fingerprint density at radius 2 is 2.10 bits per heavy atom. The van der Waals surface area contributed by atoms with Crippen molar-refractivity contribution in [1.82, 2.24) is 4.98 Å². The van der Waals surface area contributed by atoms with Gasteiger partial charge in [-0.2, -0.15) is 0 Å². The van der Waals surface area contributed by atoms with Gasteiger partial charge in [0.15, 0.2) is 0 Å². The van der Waals surface area contributed by atoms with Crippen LogP contribution in [0.3, 0.4) is 0 Å². The molecule has 0 aliphatic carbocycles.